The van der Waals surface area contributed by atoms with Gasteiger partial charge in [-0.2, -0.15) is 17.0 Å². The SMILES string of the molecule is CCC(C)NC(=O)C1CCN(S(=O)(=O)N(CC)CC)CC1. The number of hydrogen-bond acceptors (Lipinski definition) is 3. The van der Waals surface area contributed by atoms with Crippen LogP contribution in [0.4, 0.5) is 0 Å². The predicted molar refractivity (Wildman–Crippen MR) is 84.0 cm³/mol. The molecule has 0 spiro atoms. The van der Waals surface area contributed by atoms with Crippen molar-refractivity contribution in [2.75, 3.05) is 26.2 Å². The lowest BCUT2D eigenvalue weighted by molar-refractivity contribution is -0.126. The van der Waals surface area contributed by atoms with Gasteiger partial charge in [-0.05, 0) is 26.2 Å². The standard InChI is InChI=1S/C14H29N3O3S/c1-5-12(4)15-14(18)13-8-10-17(11-9-13)21(19,20)16(6-2)7-3/h12-13H,5-11H2,1-4H3,(H,15,18). The Morgan fingerprint density at radius 1 is 1.24 bits per heavy atom. The summed E-state index contributed by atoms with van der Waals surface area (Å²) in [6.07, 6.45) is 2.10. The third-order valence-electron chi connectivity index (χ3n) is 4.18. The molecule has 1 N–H and O–H groups in total. The number of amides is 1. The van der Waals surface area contributed by atoms with E-state index in [0.717, 1.165) is 6.42 Å². The summed E-state index contributed by atoms with van der Waals surface area (Å²) in [5.74, 6) is -0.00797. The largest absolute Gasteiger partial charge is 0.353 e. The lowest BCUT2D eigenvalue weighted by Gasteiger charge is -2.34. The molecule has 0 aliphatic carbocycles. The van der Waals surface area contributed by atoms with E-state index in [9.17, 15) is 13.2 Å². The van der Waals surface area contributed by atoms with Gasteiger partial charge < -0.3 is 5.32 Å². The fourth-order valence-corrected chi connectivity index (χ4v) is 4.18. The van der Waals surface area contributed by atoms with Crippen LogP contribution in [0, 0.1) is 5.92 Å². The van der Waals surface area contributed by atoms with Crippen LogP contribution in [0.2, 0.25) is 0 Å². The molecule has 1 heterocycles. The van der Waals surface area contributed by atoms with Gasteiger partial charge in [-0.15, -0.1) is 0 Å². The Labute approximate surface area is 129 Å². The van der Waals surface area contributed by atoms with E-state index >= 15 is 0 Å². The molecule has 0 radical (unpaired) electrons. The van der Waals surface area contributed by atoms with Gasteiger partial charge in [-0.25, -0.2) is 0 Å². The fourth-order valence-electron chi connectivity index (χ4n) is 2.52. The number of carbonyl (C=O) groups is 1. The molecule has 21 heavy (non-hydrogen) atoms. The summed E-state index contributed by atoms with van der Waals surface area (Å²) >= 11 is 0. The topological polar surface area (TPSA) is 69.7 Å². The second-order valence-electron chi connectivity index (χ2n) is 5.58. The van der Waals surface area contributed by atoms with E-state index in [0.29, 0.717) is 39.0 Å². The summed E-state index contributed by atoms with van der Waals surface area (Å²) in [6.45, 7) is 9.51. The average Bonchev–Trinajstić information content (AvgIpc) is 2.48. The Balaban J connectivity index is 2.58. The molecule has 1 fully saturated rings. The zero-order valence-corrected chi connectivity index (χ0v) is 14.4. The van der Waals surface area contributed by atoms with Gasteiger partial charge in [0.1, 0.15) is 0 Å². The molecule has 0 bridgehead atoms. The molecule has 0 aromatic rings. The highest BCUT2D eigenvalue weighted by atomic mass is 32.2. The van der Waals surface area contributed by atoms with Crippen molar-refractivity contribution in [3.05, 3.63) is 0 Å². The first kappa shape index (κ1) is 18.4. The van der Waals surface area contributed by atoms with Crippen molar-refractivity contribution in [3.8, 4) is 0 Å². The van der Waals surface area contributed by atoms with Crippen molar-refractivity contribution in [2.24, 2.45) is 5.92 Å². The van der Waals surface area contributed by atoms with Gasteiger partial charge in [-0.1, -0.05) is 20.8 Å². The minimum absolute atomic E-state index is 0.0595. The van der Waals surface area contributed by atoms with Crippen molar-refractivity contribution < 1.29 is 13.2 Å². The van der Waals surface area contributed by atoms with E-state index in [1.54, 1.807) is 0 Å². The van der Waals surface area contributed by atoms with Crippen molar-refractivity contribution in [1.29, 1.82) is 0 Å². The van der Waals surface area contributed by atoms with E-state index in [1.165, 1.54) is 8.61 Å². The van der Waals surface area contributed by atoms with Crippen molar-refractivity contribution >= 4 is 16.1 Å². The zero-order valence-electron chi connectivity index (χ0n) is 13.6. The lowest BCUT2D eigenvalue weighted by Crippen LogP contribution is -2.49. The molecule has 1 atom stereocenters. The maximum absolute atomic E-state index is 12.4. The van der Waals surface area contributed by atoms with Gasteiger partial charge in [-0.3, -0.25) is 4.79 Å². The second kappa shape index (κ2) is 8.10. The van der Waals surface area contributed by atoms with Crippen LogP contribution < -0.4 is 5.32 Å². The summed E-state index contributed by atoms with van der Waals surface area (Å²) in [7, 11) is -3.37. The van der Waals surface area contributed by atoms with Crippen LogP contribution in [0.25, 0.3) is 0 Å². The molecular weight excluding hydrogens is 290 g/mol. The lowest BCUT2D eigenvalue weighted by atomic mass is 9.97. The fraction of sp³-hybridized carbons (Fsp3) is 0.929. The number of nitrogens with zero attached hydrogens (tertiary/aromatic N) is 2. The van der Waals surface area contributed by atoms with Gasteiger partial charge in [0.2, 0.25) is 5.91 Å². The minimum atomic E-state index is -3.37. The van der Waals surface area contributed by atoms with Crippen LogP contribution in [0.3, 0.4) is 0 Å². The molecule has 1 rings (SSSR count). The first-order valence-corrected chi connectivity index (χ1v) is 9.32. The maximum Gasteiger partial charge on any atom is 0.281 e. The van der Waals surface area contributed by atoms with E-state index in [4.69, 9.17) is 0 Å². The molecule has 1 aliphatic heterocycles. The highest BCUT2D eigenvalue weighted by Gasteiger charge is 2.33. The predicted octanol–water partition coefficient (Wildman–Crippen LogP) is 1.20. The molecule has 7 heteroatoms. The minimum Gasteiger partial charge on any atom is -0.353 e. The number of piperidine rings is 1. The van der Waals surface area contributed by atoms with E-state index in [2.05, 4.69) is 5.32 Å². The summed E-state index contributed by atoms with van der Waals surface area (Å²) in [4.78, 5) is 12.1. The van der Waals surface area contributed by atoms with Crippen LogP contribution in [0.1, 0.15) is 47.0 Å². The Morgan fingerprint density at radius 3 is 2.19 bits per heavy atom. The Hall–Kier alpha value is -0.660. The molecule has 1 aliphatic rings. The van der Waals surface area contributed by atoms with Crippen LogP contribution in [0.5, 0.6) is 0 Å². The number of carbonyl (C=O) groups excluding carboxylic acids is 1. The molecule has 6 nitrogen and oxygen atoms in total. The molecule has 1 amide bonds. The van der Waals surface area contributed by atoms with Crippen LogP contribution in [-0.4, -0.2) is 55.2 Å². The van der Waals surface area contributed by atoms with Gasteiger partial charge in [0.05, 0.1) is 0 Å². The van der Waals surface area contributed by atoms with Gasteiger partial charge in [0.15, 0.2) is 0 Å². The number of rotatable bonds is 7. The maximum atomic E-state index is 12.4. The van der Waals surface area contributed by atoms with E-state index < -0.39 is 10.2 Å². The Bertz CT molecular complexity index is 427. The van der Waals surface area contributed by atoms with E-state index in [1.807, 2.05) is 27.7 Å². The first-order chi connectivity index (χ1) is 9.86. The number of hydrogen-bond donors (Lipinski definition) is 1. The van der Waals surface area contributed by atoms with Crippen molar-refractivity contribution in [2.45, 2.75) is 53.0 Å². The summed E-state index contributed by atoms with van der Waals surface area (Å²) in [6, 6.07) is 0.176. The van der Waals surface area contributed by atoms with Gasteiger partial charge in [0.25, 0.3) is 10.2 Å². The van der Waals surface area contributed by atoms with Crippen molar-refractivity contribution in [3.63, 3.8) is 0 Å². The van der Waals surface area contributed by atoms with Crippen molar-refractivity contribution in [1.82, 2.24) is 13.9 Å². The second-order valence-corrected chi connectivity index (χ2v) is 7.51. The molecular formula is C14H29N3O3S. The van der Waals surface area contributed by atoms with E-state index in [-0.39, 0.29) is 17.9 Å². The average molecular weight is 319 g/mol. The normalized spacial score (nSPS) is 19.7. The van der Waals surface area contributed by atoms with Gasteiger partial charge >= 0.3 is 0 Å². The van der Waals surface area contributed by atoms with Crippen LogP contribution >= 0.6 is 0 Å². The third kappa shape index (κ3) is 4.66. The zero-order chi connectivity index (χ0) is 16.0. The van der Waals surface area contributed by atoms with Crippen LogP contribution in [0.15, 0.2) is 0 Å². The molecule has 1 unspecified atom stereocenters. The first-order valence-electron chi connectivity index (χ1n) is 7.92. The summed E-state index contributed by atoms with van der Waals surface area (Å²) in [5, 5.41) is 2.98. The Kier molecular flexibility index (Phi) is 7.09. The molecule has 1 saturated heterocycles. The highest BCUT2D eigenvalue weighted by Crippen LogP contribution is 2.21. The molecule has 124 valence electrons. The Morgan fingerprint density at radius 2 is 1.76 bits per heavy atom. The monoisotopic (exact) mass is 319 g/mol. The molecule has 0 saturated carbocycles. The van der Waals surface area contributed by atoms with Crippen LogP contribution in [-0.2, 0) is 15.0 Å². The third-order valence-corrected chi connectivity index (χ3v) is 6.37. The smallest absolute Gasteiger partial charge is 0.281 e. The molecule has 0 aromatic carbocycles. The summed E-state index contributed by atoms with van der Waals surface area (Å²) in [5.41, 5.74) is 0. The number of nitrogens with one attached hydrogen (secondary N) is 1. The van der Waals surface area contributed by atoms with Gasteiger partial charge in [0, 0.05) is 38.1 Å². The summed E-state index contributed by atoms with van der Waals surface area (Å²) < 4.78 is 27.8. The highest BCUT2D eigenvalue weighted by molar-refractivity contribution is 7.86. The quantitative estimate of drug-likeness (QED) is 0.766. The molecule has 0 aromatic heterocycles.